The van der Waals surface area contributed by atoms with Crippen molar-refractivity contribution in [2.45, 2.75) is 24.6 Å². The molecule has 4 nitrogen and oxygen atoms in total. The Balaban J connectivity index is 2.98. The average Bonchev–Trinajstić information content (AvgIpc) is 2.37. The van der Waals surface area contributed by atoms with Crippen molar-refractivity contribution in [3.05, 3.63) is 35.9 Å². The van der Waals surface area contributed by atoms with Crippen molar-refractivity contribution in [3.63, 3.8) is 0 Å². The molecule has 0 aliphatic carbocycles. The maximum Gasteiger partial charge on any atom is 0.238 e. The van der Waals surface area contributed by atoms with E-state index < -0.39 is 26.5 Å². The van der Waals surface area contributed by atoms with Gasteiger partial charge < -0.3 is 5.32 Å². The van der Waals surface area contributed by atoms with Crippen LogP contribution in [0.4, 0.5) is 0 Å². The van der Waals surface area contributed by atoms with E-state index in [9.17, 15) is 13.2 Å². The second-order valence-corrected chi connectivity index (χ2v) is 7.72. The lowest BCUT2D eigenvalue weighted by Crippen LogP contribution is -2.49. The summed E-state index contributed by atoms with van der Waals surface area (Å²) in [6.07, 6.45) is 1.06. The quantitative estimate of drug-likeness (QED) is 0.826. The summed E-state index contributed by atoms with van der Waals surface area (Å²) in [6.45, 7) is 3.24. The fourth-order valence-corrected chi connectivity index (χ4v) is 2.47. The molecule has 0 radical (unpaired) electrons. The molecule has 0 saturated heterocycles. The molecule has 1 aromatic carbocycles. The third-order valence-electron chi connectivity index (χ3n) is 3.09. The van der Waals surface area contributed by atoms with Gasteiger partial charge in [0, 0.05) is 11.6 Å². The minimum Gasteiger partial charge on any atom is -0.345 e. The van der Waals surface area contributed by atoms with Crippen molar-refractivity contribution < 1.29 is 13.2 Å². The monoisotopic (exact) mass is 347 g/mol. The maximum absolute atomic E-state index is 12.0. The van der Waals surface area contributed by atoms with Crippen molar-refractivity contribution in [1.29, 1.82) is 0 Å². The molecule has 1 rings (SSSR count). The molecule has 2 atom stereocenters. The molecule has 0 aliphatic rings. The van der Waals surface area contributed by atoms with Crippen LogP contribution in [0.2, 0.25) is 0 Å². The molecule has 0 spiro atoms. The van der Waals surface area contributed by atoms with E-state index in [-0.39, 0.29) is 0 Å². The van der Waals surface area contributed by atoms with E-state index in [4.69, 9.17) is 0 Å². The van der Waals surface area contributed by atoms with Crippen LogP contribution in [0.25, 0.3) is 0 Å². The Morgan fingerprint density at radius 2 is 1.89 bits per heavy atom. The van der Waals surface area contributed by atoms with Crippen LogP contribution < -0.4 is 5.32 Å². The normalized spacial score (nSPS) is 16.4. The smallest absolute Gasteiger partial charge is 0.238 e. The van der Waals surface area contributed by atoms with Crippen molar-refractivity contribution in [3.8, 4) is 0 Å². The molecule has 106 valence electrons. The highest BCUT2D eigenvalue weighted by Crippen LogP contribution is 2.23. The van der Waals surface area contributed by atoms with Crippen LogP contribution in [0.3, 0.4) is 0 Å². The number of carbonyl (C=O) groups excluding carboxylic acids is 1. The Morgan fingerprint density at radius 3 is 2.32 bits per heavy atom. The van der Waals surface area contributed by atoms with Gasteiger partial charge in [-0.1, -0.05) is 46.3 Å². The number of rotatable bonds is 5. The molecular weight excluding hydrogens is 330 g/mol. The highest BCUT2D eigenvalue weighted by molar-refractivity contribution is 9.09. The van der Waals surface area contributed by atoms with Gasteiger partial charge in [-0.2, -0.15) is 0 Å². The Kier molecular flexibility index (Phi) is 5.15. The first kappa shape index (κ1) is 16.2. The minimum absolute atomic E-state index is 0.492. The number of hydrogen-bond acceptors (Lipinski definition) is 3. The van der Waals surface area contributed by atoms with Gasteiger partial charge in [0.2, 0.25) is 5.91 Å². The number of benzene rings is 1. The van der Waals surface area contributed by atoms with Gasteiger partial charge in [-0.3, -0.25) is 4.79 Å². The van der Waals surface area contributed by atoms with Crippen molar-refractivity contribution in [2.75, 3.05) is 11.6 Å². The second-order valence-electron chi connectivity index (χ2n) is 4.79. The van der Waals surface area contributed by atoms with E-state index in [0.29, 0.717) is 5.33 Å². The van der Waals surface area contributed by atoms with E-state index in [2.05, 4.69) is 21.2 Å². The summed E-state index contributed by atoms with van der Waals surface area (Å²) in [7, 11) is -3.39. The first-order chi connectivity index (χ1) is 8.70. The highest BCUT2D eigenvalue weighted by Gasteiger charge is 2.32. The fraction of sp³-hybridized carbons (Fsp3) is 0.462. The lowest BCUT2D eigenvalue weighted by Gasteiger charge is -2.30. The van der Waals surface area contributed by atoms with Gasteiger partial charge in [-0.05, 0) is 19.4 Å². The lowest BCUT2D eigenvalue weighted by molar-refractivity contribution is -0.122. The minimum atomic E-state index is -3.39. The Bertz CT molecular complexity index is 544. The van der Waals surface area contributed by atoms with Gasteiger partial charge >= 0.3 is 0 Å². The zero-order valence-electron chi connectivity index (χ0n) is 11.2. The predicted molar refractivity (Wildman–Crippen MR) is 80.0 cm³/mol. The third kappa shape index (κ3) is 4.04. The molecule has 1 aromatic rings. The van der Waals surface area contributed by atoms with E-state index in [1.165, 1.54) is 6.92 Å². The van der Waals surface area contributed by atoms with Crippen LogP contribution in [-0.2, 0) is 20.2 Å². The molecule has 2 unspecified atom stereocenters. The fourth-order valence-electron chi connectivity index (χ4n) is 1.56. The number of halogens is 1. The summed E-state index contributed by atoms with van der Waals surface area (Å²) in [6, 6.07) is 9.43. The summed E-state index contributed by atoms with van der Waals surface area (Å²) in [4.78, 5) is 12.0. The van der Waals surface area contributed by atoms with Crippen molar-refractivity contribution in [2.24, 2.45) is 0 Å². The van der Waals surface area contributed by atoms with E-state index >= 15 is 0 Å². The molecule has 1 amide bonds. The number of carbonyl (C=O) groups is 1. The molecule has 0 aliphatic heterocycles. The average molecular weight is 348 g/mol. The molecule has 0 saturated carbocycles. The van der Waals surface area contributed by atoms with Crippen molar-refractivity contribution >= 4 is 31.7 Å². The molecule has 0 heterocycles. The number of nitrogens with one attached hydrogen (secondary N) is 1. The van der Waals surface area contributed by atoms with Crippen LogP contribution in [0.1, 0.15) is 19.4 Å². The Hall–Kier alpha value is -0.880. The largest absolute Gasteiger partial charge is 0.345 e. The molecule has 0 bridgehead atoms. The summed E-state index contributed by atoms with van der Waals surface area (Å²) in [5.41, 5.74) is 0.276. The van der Waals surface area contributed by atoms with Gasteiger partial charge in [0.25, 0.3) is 0 Å². The maximum atomic E-state index is 12.0. The summed E-state index contributed by atoms with van der Waals surface area (Å²) in [5, 5.41) is 2.23. The number of alkyl halides is 1. The standard InChI is InChI=1S/C13H18BrNO3S/c1-10(19(3,17)18)12(16)15-13(2,9-14)11-7-5-4-6-8-11/h4-8,10H,9H2,1-3H3,(H,15,16). The second kappa shape index (κ2) is 6.05. The molecule has 1 N–H and O–H groups in total. The summed E-state index contributed by atoms with van der Waals surface area (Å²) in [5.74, 6) is -0.492. The zero-order valence-corrected chi connectivity index (χ0v) is 13.6. The van der Waals surface area contributed by atoms with E-state index in [1.807, 2.05) is 37.3 Å². The summed E-state index contributed by atoms with van der Waals surface area (Å²) >= 11 is 3.37. The topological polar surface area (TPSA) is 63.2 Å². The molecule has 0 fully saturated rings. The number of sulfone groups is 1. The summed E-state index contributed by atoms with van der Waals surface area (Å²) < 4.78 is 22.8. The van der Waals surface area contributed by atoms with Crippen LogP contribution in [-0.4, -0.2) is 31.2 Å². The van der Waals surface area contributed by atoms with Crippen LogP contribution in [0.5, 0.6) is 0 Å². The first-order valence-electron chi connectivity index (χ1n) is 5.83. The van der Waals surface area contributed by atoms with Gasteiger partial charge in [0.1, 0.15) is 5.25 Å². The first-order valence-corrected chi connectivity index (χ1v) is 8.90. The van der Waals surface area contributed by atoms with Gasteiger partial charge in [-0.15, -0.1) is 0 Å². The molecule has 6 heteroatoms. The number of hydrogen-bond donors (Lipinski definition) is 1. The predicted octanol–water partition coefficient (Wildman–Crippen LogP) is 1.85. The molecule has 0 aromatic heterocycles. The van der Waals surface area contributed by atoms with Crippen molar-refractivity contribution in [1.82, 2.24) is 5.32 Å². The Morgan fingerprint density at radius 1 is 1.37 bits per heavy atom. The molecule has 19 heavy (non-hydrogen) atoms. The lowest BCUT2D eigenvalue weighted by atomic mass is 9.94. The van der Waals surface area contributed by atoms with Gasteiger partial charge in [0.05, 0.1) is 5.54 Å². The van der Waals surface area contributed by atoms with Crippen LogP contribution in [0.15, 0.2) is 30.3 Å². The zero-order chi connectivity index (χ0) is 14.7. The van der Waals surface area contributed by atoms with Crippen LogP contribution in [0, 0.1) is 0 Å². The number of amides is 1. The Labute approximate surface area is 122 Å². The van der Waals surface area contributed by atoms with Crippen LogP contribution >= 0.6 is 15.9 Å². The molecular formula is C13H18BrNO3S. The SMILES string of the molecule is CC(C(=O)NC(C)(CBr)c1ccccc1)S(C)(=O)=O. The van der Waals surface area contributed by atoms with Gasteiger partial charge in [-0.25, -0.2) is 8.42 Å². The van der Waals surface area contributed by atoms with E-state index in [1.54, 1.807) is 0 Å². The highest BCUT2D eigenvalue weighted by atomic mass is 79.9. The van der Waals surface area contributed by atoms with Gasteiger partial charge in [0.15, 0.2) is 9.84 Å². The third-order valence-corrected chi connectivity index (χ3v) is 5.71. The van der Waals surface area contributed by atoms with E-state index in [0.717, 1.165) is 11.8 Å².